The Morgan fingerprint density at radius 1 is 1.03 bits per heavy atom. The average molecular weight is 532 g/mol. The number of rotatable bonds is 8. The lowest BCUT2D eigenvalue weighted by atomic mass is 9.45. The van der Waals surface area contributed by atoms with Crippen LogP contribution in [0.25, 0.3) is 0 Å². The summed E-state index contributed by atoms with van der Waals surface area (Å²) in [6, 6.07) is 13.3. The minimum absolute atomic E-state index is 0.0570. The lowest BCUT2D eigenvalue weighted by Gasteiger charge is -2.62. The minimum Gasteiger partial charge on any atom is -0.339 e. The number of hydrogen-bond donors (Lipinski definition) is 6. The van der Waals surface area contributed by atoms with Gasteiger partial charge in [0.25, 0.3) is 11.8 Å². The molecule has 3 fully saturated rings. The molecule has 9 nitrogen and oxygen atoms in total. The lowest BCUT2D eigenvalue weighted by Crippen LogP contribution is -2.60. The van der Waals surface area contributed by atoms with Crippen LogP contribution in [0.1, 0.15) is 55.1 Å². The number of nitrogens with one attached hydrogen (secondary N) is 4. The number of benzene rings is 2. The van der Waals surface area contributed by atoms with Gasteiger partial charge in [0.15, 0.2) is 0 Å². The van der Waals surface area contributed by atoms with Gasteiger partial charge in [-0.15, -0.1) is 0 Å². The minimum atomic E-state index is -1.04. The van der Waals surface area contributed by atoms with E-state index >= 15 is 0 Å². The monoisotopic (exact) mass is 531 g/mol. The predicted octanol–water partition coefficient (Wildman–Crippen LogP) is 2.25. The van der Waals surface area contributed by atoms with E-state index in [1.54, 1.807) is 24.3 Å². The average Bonchev–Trinajstić information content (AvgIpc) is 2.94. The maximum Gasteiger partial charge on any atom is 0.267 e. The fraction of sp³-hybridized carbons (Fsp3) is 0.433. The van der Waals surface area contributed by atoms with Gasteiger partial charge in [0, 0.05) is 35.0 Å². The van der Waals surface area contributed by atoms with E-state index in [1.807, 2.05) is 24.3 Å². The van der Waals surface area contributed by atoms with Crippen molar-refractivity contribution in [2.75, 3.05) is 18.4 Å². The number of carbonyl (C=O) groups excluding carboxylic acids is 3. The van der Waals surface area contributed by atoms with Crippen molar-refractivity contribution in [3.63, 3.8) is 0 Å². The summed E-state index contributed by atoms with van der Waals surface area (Å²) in [5.74, 6) is 6.84. The molecule has 2 aromatic rings. The first-order valence-electron chi connectivity index (χ1n) is 13.3. The Morgan fingerprint density at radius 2 is 1.64 bits per heavy atom. The molecule has 0 spiro atoms. The molecule has 2 aromatic carbocycles. The van der Waals surface area contributed by atoms with Gasteiger partial charge >= 0.3 is 0 Å². The van der Waals surface area contributed by atoms with E-state index in [9.17, 15) is 14.4 Å². The molecule has 2 bridgehead atoms. The first-order valence-corrected chi connectivity index (χ1v) is 13.3. The van der Waals surface area contributed by atoms with E-state index in [0.717, 1.165) is 23.8 Å². The molecule has 3 aliphatic carbocycles. The molecule has 5 rings (SSSR count). The molecule has 0 aromatic heterocycles. The molecule has 3 aliphatic rings. The Bertz CT molecular complexity index is 1260. The Labute approximate surface area is 229 Å². The molecule has 39 heavy (non-hydrogen) atoms. The van der Waals surface area contributed by atoms with Gasteiger partial charge in [-0.1, -0.05) is 32.6 Å². The third kappa shape index (κ3) is 6.48. The molecular weight excluding hydrogens is 494 g/mol. The van der Waals surface area contributed by atoms with E-state index in [4.69, 9.17) is 10.9 Å². The van der Waals surface area contributed by atoms with Gasteiger partial charge in [0.2, 0.25) is 5.91 Å². The Morgan fingerprint density at radius 3 is 2.18 bits per heavy atom. The van der Waals surface area contributed by atoms with Crippen molar-refractivity contribution in [3.05, 3.63) is 65.2 Å². The van der Waals surface area contributed by atoms with E-state index in [2.05, 4.69) is 48.6 Å². The second-order valence-corrected chi connectivity index (χ2v) is 11.1. The predicted molar refractivity (Wildman–Crippen MR) is 149 cm³/mol. The van der Waals surface area contributed by atoms with Crippen LogP contribution in [0, 0.1) is 35.0 Å². The molecule has 0 saturated heterocycles. The van der Waals surface area contributed by atoms with Crippen molar-refractivity contribution in [2.45, 2.75) is 45.7 Å². The highest BCUT2D eigenvalue weighted by Gasteiger charge is 2.56. The molecule has 3 amide bonds. The summed E-state index contributed by atoms with van der Waals surface area (Å²) < 4.78 is 0. The summed E-state index contributed by atoms with van der Waals surface area (Å²) in [7, 11) is 0. The van der Waals surface area contributed by atoms with Crippen LogP contribution in [0.5, 0.6) is 0 Å². The summed E-state index contributed by atoms with van der Waals surface area (Å²) in [6.45, 7) is 7.20. The standard InChI is InChI=1S/C30H37N5O4/c1-18-24-14-22(30(24,2)3)15-25(18)32-17-27(36)33-23-12-8-20(9-13-23)5-4-19-6-10-21(11-7-19)28(37)34-26(16-31)29(38)35-39/h6-13,18,22,24-26,32,39H,14-17,31H2,1-3H3,(H,33,36)(H,34,37)(H,35,38)/t18-,22+,24+,25+,26+/m1/s1. The van der Waals surface area contributed by atoms with E-state index < -0.39 is 17.9 Å². The zero-order chi connectivity index (χ0) is 28.2. The fourth-order valence-corrected chi connectivity index (χ4v) is 5.89. The molecule has 0 heterocycles. The lowest BCUT2D eigenvalue weighted by molar-refractivity contribution is -0.130. The molecular formula is C30H37N5O4. The van der Waals surface area contributed by atoms with Crippen molar-refractivity contribution < 1.29 is 19.6 Å². The molecule has 9 heteroatoms. The van der Waals surface area contributed by atoms with E-state index in [1.165, 1.54) is 11.9 Å². The maximum atomic E-state index is 12.5. The fourth-order valence-electron chi connectivity index (χ4n) is 5.89. The third-order valence-electron chi connectivity index (χ3n) is 8.51. The van der Waals surface area contributed by atoms with Gasteiger partial charge in [-0.25, -0.2) is 5.48 Å². The quantitative estimate of drug-likeness (QED) is 0.175. The van der Waals surface area contributed by atoms with Gasteiger partial charge in [-0.2, -0.15) is 0 Å². The number of hydroxylamine groups is 1. The van der Waals surface area contributed by atoms with Crippen LogP contribution in [0.4, 0.5) is 5.69 Å². The maximum absolute atomic E-state index is 12.5. The van der Waals surface area contributed by atoms with Crippen LogP contribution in [0.2, 0.25) is 0 Å². The zero-order valence-electron chi connectivity index (χ0n) is 22.6. The molecule has 0 aliphatic heterocycles. The van der Waals surface area contributed by atoms with Gasteiger partial charge < -0.3 is 21.7 Å². The molecule has 206 valence electrons. The topological polar surface area (TPSA) is 146 Å². The van der Waals surface area contributed by atoms with Crippen LogP contribution in [0.15, 0.2) is 48.5 Å². The molecule has 0 radical (unpaired) electrons. The van der Waals surface area contributed by atoms with Crippen LogP contribution in [-0.2, 0) is 9.59 Å². The molecule has 7 N–H and O–H groups in total. The molecule has 3 saturated carbocycles. The zero-order valence-corrected chi connectivity index (χ0v) is 22.6. The normalized spacial score (nSPS) is 23.3. The largest absolute Gasteiger partial charge is 0.339 e. The van der Waals surface area contributed by atoms with Crippen molar-refractivity contribution >= 4 is 23.4 Å². The number of carbonyl (C=O) groups is 3. The van der Waals surface area contributed by atoms with Gasteiger partial charge in [-0.05, 0) is 84.5 Å². The Balaban J connectivity index is 1.25. The van der Waals surface area contributed by atoms with Crippen LogP contribution >= 0.6 is 0 Å². The van der Waals surface area contributed by atoms with Crippen molar-refractivity contribution in [3.8, 4) is 11.8 Å². The molecule has 5 atom stereocenters. The van der Waals surface area contributed by atoms with Crippen molar-refractivity contribution in [1.82, 2.24) is 16.1 Å². The van der Waals surface area contributed by atoms with E-state index in [-0.39, 0.29) is 12.5 Å². The smallest absolute Gasteiger partial charge is 0.267 e. The SMILES string of the molecule is C[C@H]1[C@@H](NCC(=O)Nc2ccc(C#Cc3ccc(C(=O)N[C@@H](CN)C(=O)NO)cc3)cc2)C[C@@H]2C[C@@H]1C2(C)C. The summed E-state index contributed by atoms with van der Waals surface area (Å²) in [5, 5.41) is 17.6. The van der Waals surface area contributed by atoms with Crippen LogP contribution in [0.3, 0.4) is 0 Å². The van der Waals surface area contributed by atoms with Crippen molar-refractivity contribution in [2.24, 2.45) is 28.9 Å². The summed E-state index contributed by atoms with van der Waals surface area (Å²) in [6.07, 6.45) is 2.46. The van der Waals surface area contributed by atoms with E-state index in [0.29, 0.717) is 40.7 Å². The first-order chi connectivity index (χ1) is 18.6. The second-order valence-electron chi connectivity index (χ2n) is 11.1. The number of fused-ring (bicyclic) bond motifs is 2. The summed E-state index contributed by atoms with van der Waals surface area (Å²) in [4.78, 5) is 36.3. The van der Waals surface area contributed by atoms with Gasteiger partial charge in [0.05, 0.1) is 6.54 Å². The van der Waals surface area contributed by atoms with Gasteiger partial charge in [0.1, 0.15) is 6.04 Å². The highest BCUT2D eigenvalue weighted by molar-refractivity contribution is 5.97. The number of nitrogens with two attached hydrogens (primary N) is 1. The Kier molecular flexibility index (Phi) is 8.70. The van der Waals surface area contributed by atoms with Gasteiger partial charge in [-0.3, -0.25) is 19.6 Å². The summed E-state index contributed by atoms with van der Waals surface area (Å²) >= 11 is 0. The van der Waals surface area contributed by atoms with Crippen molar-refractivity contribution in [1.29, 1.82) is 0 Å². The summed E-state index contributed by atoms with van der Waals surface area (Å²) in [5.41, 5.74) is 9.90. The Hall–Kier alpha value is -3.71. The second kappa shape index (κ2) is 12.0. The molecule has 0 unspecified atom stereocenters. The highest BCUT2D eigenvalue weighted by Crippen LogP contribution is 2.61. The van der Waals surface area contributed by atoms with Crippen LogP contribution < -0.4 is 27.2 Å². The number of hydrogen-bond acceptors (Lipinski definition) is 6. The van der Waals surface area contributed by atoms with Crippen LogP contribution in [-0.4, -0.2) is 48.1 Å². The number of amides is 3. The highest BCUT2D eigenvalue weighted by atomic mass is 16.5. The third-order valence-corrected chi connectivity index (χ3v) is 8.51. The first kappa shape index (κ1) is 28.3. The number of anilines is 1.